The van der Waals surface area contributed by atoms with Gasteiger partial charge in [0.05, 0.1) is 14.2 Å². The van der Waals surface area contributed by atoms with Crippen LogP contribution in [0.15, 0.2) is 47.5 Å². The van der Waals surface area contributed by atoms with Gasteiger partial charge in [0.15, 0.2) is 5.96 Å². The number of nitrogens with zero attached hydrogens (tertiary/aromatic N) is 1. The van der Waals surface area contributed by atoms with Crippen LogP contribution >= 0.6 is 0 Å². The van der Waals surface area contributed by atoms with Crippen molar-refractivity contribution in [2.45, 2.75) is 20.3 Å². The molecule has 0 aliphatic rings. The third-order valence-corrected chi connectivity index (χ3v) is 4.54. The van der Waals surface area contributed by atoms with Crippen LogP contribution in [-0.2, 0) is 6.42 Å². The van der Waals surface area contributed by atoms with Gasteiger partial charge >= 0.3 is 0 Å². The van der Waals surface area contributed by atoms with Crippen LogP contribution in [0.3, 0.4) is 0 Å². The highest BCUT2D eigenvalue weighted by Crippen LogP contribution is 2.19. The molecule has 0 saturated carbocycles. The van der Waals surface area contributed by atoms with Crippen molar-refractivity contribution in [1.29, 1.82) is 0 Å². The summed E-state index contributed by atoms with van der Waals surface area (Å²) in [6.45, 7) is 6.54. The average molecular weight is 413 g/mol. The van der Waals surface area contributed by atoms with Crippen molar-refractivity contribution in [2.75, 3.05) is 40.4 Å². The summed E-state index contributed by atoms with van der Waals surface area (Å²) in [5.41, 5.74) is 2.91. The lowest BCUT2D eigenvalue weighted by atomic mass is 10.1. The SMILES string of the molecule is CCNC(=NCCc1ccc(C)c(OC)c1)NCCNC(=O)c1ccc(OC)cc1. The Balaban J connectivity index is 1.78. The van der Waals surface area contributed by atoms with Crippen LogP contribution in [0.4, 0.5) is 0 Å². The van der Waals surface area contributed by atoms with Gasteiger partial charge < -0.3 is 25.4 Å². The number of carbonyl (C=O) groups excluding carboxylic acids is 1. The fraction of sp³-hybridized carbons (Fsp3) is 0.391. The van der Waals surface area contributed by atoms with Gasteiger partial charge in [-0.2, -0.15) is 0 Å². The average Bonchev–Trinajstić information content (AvgIpc) is 2.77. The number of carbonyl (C=O) groups is 1. The van der Waals surface area contributed by atoms with Crippen LogP contribution in [-0.4, -0.2) is 52.3 Å². The van der Waals surface area contributed by atoms with Gasteiger partial charge in [0.25, 0.3) is 5.91 Å². The van der Waals surface area contributed by atoms with E-state index in [1.54, 1.807) is 38.5 Å². The van der Waals surface area contributed by atoms with Gasteiger partial charge in [0, 0.05) is 31.7 Å². The number of rotatable bonds is 10. The Hall–Kier alpha value is -3.22. The molecule has 0 bridgehead atoms. The first-order valence-electron chi connectivity index (χ1n) is 10.1. The third-order valence-electron chi connectivity index (χ3n) is 4.54. The molecule has 2 rings (SSSR count). The number of benzene rings is 2. The monoisotopic (exact) mass is 412 g/mol. The summed E-state index contributed by atoms with van der Waals surface area (Å²) in [5.74, 6) is 2.24. The zero-order valence-electron chi connectivity index (χ0n) is 18.2. The van der Waals surface area contributed by atoms with E-state index in [0.29, 0.717) is 25.2 Å². The molecular weight excluding hydrogens is 380 g/mol. The first-order chi connectivity index (χ1) is 14.6. The molecule has 3 N–H and O–H groups in total. The predicted molar refractivity (Wildman–Crippen MR) is 121 cm³/mol. The van der Waals surface area contributed by atoms with E-state index >= 15 is 0 Å². The van der Waals surface area contributed by atoms with E-state index in [4.69, 9.17) is 9.47 Å². The number of hydrogen-bond donors (Lipinski definition) is 3. The van der Waals surface area contributed by atoms with E-state index in [-0.39, 0.29) is 5.91 Å². The Bertz CT molecular complexity index is 835. The van der Waals surface area contributed by atoms with Crippen LogP contribution in [0.2, 0.25) is 0 Å². The zero-order chi connectivity index (χ0) is 21.8. The van der Waals surface area contributed by atoms with E-state index in [1.165, 1.54) is 5.56 Å². The minimum absolute atomic E-state index is 0.116. The van der Waals surface area contributed by atoms with Crippen molar-refractivity contribution in [3.8, 4) is 11.5 Å². The largest absolute Gasteiger partial charge is 0.497 e. The van der Waals surface area contributed by atoms with Crippen molar-refractivity contribution in [3.63, 3.8) is 0 Å². The molecule has 0 heterocycles. The van der Waals surface area contributed by atoms with E-state index in [9.17, 15) is 4.79 Å². The Labute approximate surface area is 178 Å². The first kappa shape index (κ1) is 23.1. The molecule has 7 nitrogen and oxygen atoms in total. The predicted octanol–water partition coefficient (Wildman–Crippen LogP) is 2.54. The van der Waals surface area contributed by atoms with Crippen LogP contribution < -0.4 is 25.4 Å². The molecule has 0 atom stereocenters. The number of aliphatic imine (C=N–C) groups is 1. The Kier molecular flexibility index (Phi) is 9.51. The molecule has 162 valence electrons. The fourth-order valence-electron chi connectivity index (χ4n) is 2.86. The lowest BCUT2D eigenvalue weighted by Gasteiger charge is -2.12. The maximum atomic E-state index is 12.2. The summed E-state index contributed by atoms with van der Waals surface area (Å²) in [6, 6.07) is 13.2. The van der Waals surface area contributed by atoms with E-state index in [0.717, 1.165) is 36.0 Å². The summed E-state index contributed by atoms with van der Waals surface area (Å²) in [7, 11) is 3.28. The van der Waals surface area contributed by atoms with Gasteiger partial charge in [-0.05, 0) is 61.7 Å². The molecule has 0 spiro atoms. The highest BCUT2D eigenvalue weighted by atomic mass is 16.5. The van der Waals surface area contributed by atoms with Gasteiger partial charge in [-0.3, -0.25) is 9.79 Å². The lowest BCUT2D eigenvalue weighted by molar-refractivity contribution is 0.0954. The van der Waals surface area contributed by atoms with Crippen molar-refractivity contribution in [2.24, 2.45) is 4.99 Å². The van der Waals surface area contributed by atoms with Crippen molar-refractivity contribution < 1.29 is 14.3 Å². The van der Waals surface area contributed by atoms with Crippen LogP contribution in [0.25, 0.3) is 0 Å². The highest BCUT2D eigenvalue weighted by molar-refractivity contribution is 5.94. The Morgan fingerprint density at radius 2 is 1.70 bits per heavy atom. The maximum Gasteiger partial charge on any atom is 0.251 e. The summed E-state index contributed by atoms with van der Waals surface area (Å²) >= 11 is 0. The third kappa shape index (κ3) is 7.31. The maximum absolute atomic E-state index is 12.2. The number of nitrogens with one attached hydrogen (secondary N) is 3. The molecule has 2 aromatic rings. The molecule has 0 radical (unpaired) electrons. The van der Waals surface area contributed by atoms with Crippen molar-refractivity contribution in [3.05, 3.63) is 59.2 Å². The van der Waals surface area contributed by atoms with Gasteiger partial charge in [-0.15, -0.1) is 0 Å². The molecular formula is C23H32N4O3. The smallest absolute Gasteiger partial charge is 0.251 e. The number of methoxy groups -OCH3 is 2. The molecule has 0 unspecified atom stereocenters. The van der Waals surface area contributed by atoms with Gasteiger partial charge in [-0.25, -0.2) is 0 Å². The molecule has 1 amide bonds. The summed E-state index contributed by atoms with van der Waals surface area (Å²) in [5, 5.41) is 9.36. The molecule has 30 heavy (non-hydrogen) atoms. The van der Waals surface area contributed by atoms with Crippen LogP contribution in [0, 0.1) is 6.92 Å². The van der Waals surface area contributed by atoms with E-state index < -0.39 is 0 Å². The Morgan fingerprint density at radius 3 is 2.37 bits per heavy atom. The van der Waals surface area contributed by atoms with Gasteiger partial charge in [0.1, 0.15) is 11.5 Å². The van der Waals surface area contributed by atoms with Crippen molar-refractivity contribution in [1.82, 2.24) is 16.0 Å². The lowest BCUT2D eigenvalue weighted by Crippen LogP contribution is -2.41. The number of guanidine groups is 1. The number of aryl methyl sites for hydroxylation is 1. The highest BCUT2D eigenvalue weighted by Gasteiger charge is 2.05. The second-order valence-electron chi connectivity index (χ2n) is 6.73. The van der Waals surface area contributed by atoms with Gasteiger partial charge in [-0.1, -0.05) is 12.1 Å². The molecule has 0 aliphatic carbocycles. The van der Waals surface area contributed by atoms with E-state index in [2.05, 4.69) is 39.1 Å². The molecule has 0 aliphatic heterocycles. The molecule has 2 aromatic carbocycles. The normalized spacial score (nSPS) is 11.0. The van der Waals surface area contributed by atoms with Gasteiger partial charge in [0.2, 0.25) is 0 Å². The number of amides is 1. The quantitative estimate of drug-likeness (QED) is 0.317. The van der Waals surface area contributed by atoms with Crippen LogP contribution in [0.5, 0.6) is 11.5 Å². The minimum Gasteiger partial charge on any atom is -0.497 e. The molecule has 7 heteroatoms. The number of ether oxygens (including phenoxy) is 2. The summed E-state index contributed by atoms with van der Waals surface area (Å²) in [4.78, 5) is 16.8. The Morgan fingerprint density at radius 1 is 0.967 bits per heavy atom. The van der Waals surface area contributed by atoms with Crippen LogP contribution in [0.1, 0.15) is 28.4 Å². The second kappa shape index (κ2) is 12.4. The summed E-state index contributed by atoms with van der Waals surface area (Å²) in [6.07, 6.45) is 0.821. The second-order valence-corrected chi connectivity index (χ2v) is 6.73. The molecule has 0 saturated heterocycles. The van der Waals surface area contributed by atoms with E-state index in [1.807, 2.05) is 13.8 Å². The first-order valence-corrected chi connectivity index (χ1v) is 10.1. The number of hydrogen-bond acceptors (Lipinski definition) is 4. The molecule has 0 fully saturated rings. The fourth-order valence-corrected chi connectivity index (χ4v) is 2.86. The standard InChI is InChI=1S/C23H32N4O3/c1-5-24-23(26-13-12-18-7-6-17(2)21(16-18)30-4)27-15-14-25-22(28)19-8-10-20(29-3)11-9-19/h6-11,16H,5,12-15H2,1-4H3,(H,25,28)(H2,24,26,27). The minimum atomic E-state index is -0.116. The molecule has 0 aromatic heterocycles. The van der Waals surface area contributed by atoms with Crippen molar-refractivity contribution >= 4 is 11.9 Å². The zero-order valence-corrected chi connectivity index (χ0v) is 18.2. The topological polar surface area (TPSA) is 84.0 Å². The summed E-state index contributed by atoms with van der Waals surface area (Å²) < 4.78 is 10.5.